The van der Waals surface area contributed by atoms with Crippen LogP contribution in [0.15, 0.2) is 45.8 Å². The molecule has 1 aliphatic carbocycles. The van der Waals surface area contributed by atoms with Gasteiger partial charge in [0.15, 0.2) is 0 Å². The molecule has 0 aromatic heterocycles. The summed E-state index contributed by atoms with van der Waals surface area (Å²) in [7, 11) is 0. The standard InChI is InChI=1S/C22H30O5/c1-5-6-7-11-16-18(22(26)27)19(23)17(21(25)20(16)24)13-12-15(4)10-8-9-14(2)3/h9,12,23H,5-8,10-11,13H2,1-4H3,(H,26,27)/b15-12+. The lowest BCUT2D eigenvalue weighted by Crippen LogP contribution is -2.29. The number of rotatable bonds is 10. The predicted octanol–water partition coefficient (Wildman–Crippen LogP) is 4.99. The molecule has 0 heterocycles. The molecular formula is C22H30O5. The highest BCUT2D eigenvalue weighted by Gasteiger charge is 2.36. The summed E-state index contributed by atoms with van der Waals surface area (Å²) >= 11 is 0. The molecule has 1 aliphatic rings. The summed E-state index contributed by atoms with van der Waals surface area (Å²) in [6.45, 7) is 7.94. The molecule has 0 radical (unpaired) electrons. The molecule has 0 amide bonds. The van der Waals surface area contributed by atoms with Gasteiger partial charge in [-0.2, -0.15) is 0 Å². The van der Waals surface area contributed by atoms with Crippen molar-refractivity contribution in [3.63, 3.8) is 0 Å². The number of allylic oxidation sites excluding steroid dienone is 6. The van der Waals surface area contributed by atoms with Crippen LogP contribution in [0.2, 0.25) is 0 Å². The first kappa shape index (κ1) is 22.6. The van der Waals surface area contributed by atoms with E-state index in [4.69, 9.17) is 0 Å². The predicted molar refractivity (Wildman–Crippen MR) is 106 cm³/mol. The normalized spacial score (nSPS) is 15.5. The van der Waals surface area contributed by atoms with Gasteiger partial charge in [0.1, 0.15) is 11.3 Å². The molecule has 0 bridgehead atoms. The Morgan fingerprint density at radius 3 is 2.19 bits per heavy atom. The number of unbranched alkanes of at least 4 members (excludes halogenated alkanes) is 2. The fraction of sp³-hybridized carbons (Fsp3) is 0.500. The first-order valence-corrected chi connectivity index (χ1v) is 9.47. The summed E-state index contributed by atoms with van der Waals surface area (Å²) in [6.07, 6.45) is 8.12. The first-order chi connectivity index (χ1) is 12.7. The number of hydrogen-bond acceptors (Lipinski definition) is 4. The van der Waals surface area contributed by atoms with Crippen molar-refractivity contribution in [2.45, 2.75) is 72.6 Å². The van der Waals surface area contributed by atoms with Crippen molar-refractivity contribution in [2.75, 3.05) is 0 Å². The van der Waals surface area contributed by atoms with Crippen molar-refractivity contribution in [1.29, 1.82) is 0 Å². The Hall–Kier alpha value is -2.43. The maximum Gasteiger partial charge on any atom is 0.339 e. The van der Waals surface area contributed by atoms with Crippen LogP contribution >= 0.6 is 0 Å². The van der Waals surface area contributed by atoms with E-state index in [2.05, 4.69) is 6.08 Å². The zero-order valence-electron chi connectivity index (χ0n) is 16.7. The van der Waals surface area contributed by atoms with E-state index in [0.29, 0.717) is 6.42 Å². The quantitative estimate of drug-likeness (QED) is 0.243. The number of hydrogen-bond donors (Lipinski definition) is 2. The van der Waals surface area contributed by atoms with Crippen LogP contribution in [0, 0.1) is 0 Å². The second-order valence-corrected chi connectivity index (χ2v) is 7.18. The van der Waals surface area contributed by atoms with Gasteiger partial charge in [0.25, 0.3) is 0 Å². The number of carbonyl (C=O) groups is 3. The van der Waals surface area contributed by atoms with Crippen LogP contribution in [0.5, 0.6) is 0 Å². The average Bonchev–Trinajstić information content (AvgIpc) is 2.58. The van der Waals surface area contributed by atoms with Crippen LogP contribution in [-0.4, -0.2) is 27.7 Å². The minimum absolute atomic E-state index is 0.0517. The Labute approximate surface area is 161 Å². The lowest BCUT2D eigenvalue weighted by atomic mass is 9.84. The molecule has 1 rings (SSSR count). The van der Waals surface area contributed by atoms with Crippen molar-refractivity contribution >= 4 is 17.5 Å². The van der Waals surface area contributed by atoms with Gasteiger partial charge in [0.2, 0.25) is 11.6 Å². The number of aliphatic hydroxyl groups excluding tert-OH is 1. The van der Waals surface area contributed by atoms with Gasteiger partial charge in [-0.15, -0.1) is 0 Å². The van der Waals surface area contributed by atoms with Gasteiger partial charge < -0.3 is 10.2 Å². The fourth-order valence-electron chi connectivity index (χ4n) is 2.97. The van der Waals surface area contributed by atoms with Crippen molar-refractivity contribution < 1.29 is 24.6 Å². The second kappa shape index (κ2) is 10.7. The molecule has 0 unspecified atom stereocenters. The minimum atomic E-state index is -1.37. The molecule has 0 aromatic carbocycles. The van der Waals surface area contributed by atoms with Crippen LogP contribution < -0.4 is 0 Å². The van der Waals surface area contributed by atoms with Crippen molar-refractivity contribution in [1.82, 2.24) is 0 Å². The van der Waals surface area contributed by atoms with Crippen LogP contribution in [0.4, 0.5) is 0 Å². The Kier molecular flexibility index (Phi) is 8.92. The molecule has 5 heteroatoms. The molecule has 0 saturated carbocycles. The third kappa shape index (κ3) is 6.35. The maximum absolute atomic E-state index is 12.4. The zero-order chi connectivity index (χ0) is 20.6. The summed E-state index contributed by atoms with van der Waals surface area (Å²) in [6, 6.07) is 0. The highest BCUT2D eigenvalue weighted by molar-refractivity contribution is 6.51. The molecule has 0 aromatic rings. The van der Waals surface area contributed by atoms with E-state index in [0.717, 1.165) is 31.3 Å². The third-order valence-electron chi connectivity index (χ3n) is 4.57. The molecule has 148 valence electrons. The van der Waals surface area contributed by atoms with Crippen LogP contribution in [0.25, 0.3) is 0 Å². The maximum atomic E-state index is 12.4. The van der Waals surface area contributed by atoms with Crippen molar-refractivity contribution in [3.8, 4) is 0 Å². The zero-order valence-corrected chi connectivity index (χ0v) is 16.7. The van der Waals surface area contributed by atoms with Gasteiger partial charge in [-0.25, -0.2) is 4.79 Å². The largest absolute Gasteiger partial charge is 0.507 e. The van der Waals surface area contributed by atoms with Crippen LogP contribution in [-0.2, 0) is 14.4 Å². The first-order valence-electron chi connectivity index (χ1n) is 9.47. The summed E-state index contributed by atoms with van der Waals surface area (Å²) in [5.41, 5.74) is 1.62. The van der Waals surface area contributed by atoms with Gasteiger partial charge in [0.05, 0.1) is 5.57 Å². The summed E-state index contributed by atoms with van der Waals surface area (Å²) in [5.74, 6) is -3.53. The van der Waals surface area contributed by atoms with E-state index in [1.165, 1.54) is 5.57 Å². The Bertz CT molecular complexity index is 728. The van der Waals surface area contributed by atoms with E-state index < -0.39 is 28.9 Å². The number of carboxylic acid groups (broad SMARTS) is 1. The monoisotopic (exact) mass is 374 g/mol. The number of aliphatic hydroxyl groups is 1. The number of Topliss-reactive ketones (excluding diaryl/α,β-unsaturated/α-hetero) is 2. The molecule has 2 N–H and O–H groups in total. The lowest BCUT2D eigenvalue weighted by Gasteiger charge is -2.19. The van der Waals surface area contributed by atoms with Crippen molar-refractivity contribution in [3.05, 3.63) is 45.8 Å². The minimum Gasteiger partial charge on any atom is -0.507 e. The fourth-order valence-corrected chi connectivity index (χ4v) is 2.97. The number of carboxylic acids is 1. The van der Waals surface area contributed by atoms with E-state index >= 15 is 0 Å². The Morgan fingerprint density at radius 1 is 1.00 bits per heavy atom. The summed E-state index contributed by atoms with van der Waals surface area (Å²) in [4.78, 5) is 36.5. The summed E-state index contributed by atoms with van der Waals surface area (Å²) in [5, 5.41) is 19.9. The van der Waals surface area contributed by atoms with E-state index in [1.54, 1.807) is 6.08 Å². The molecule has 5 nitrogen and oxygen atoms in total. The van der Waals surface area contributed by atoms with Crippen LogP contribution in [0.3, 0.4) is 0 Å². The van der Waals surface area contributed by atoms with E-state index in [9.17, 15) is 24.6 Å². The highest BCUT2D eigenvalue weighted by Crippen LogP contribution is 2.30. The SMILES string of the molecule is CCCCCC1=C(C(=O)O)C(O)=C(C/C=C(\C)CCC=C(C)C)C(=O)C1=O. The molecule has 0 fully saturated rings. The molecular weight excluding hydrogens is 344 g/mol. The van der Waals surface area contributed by atoms with Gasteiger partial charge in [0, 0.05) is 5.57 Å². The van der Waals surface area contributed by atoms with E-state index in [1.807, 2.05) is 27.7 Å². The van der Waals surface area contributed by atoms with E-state index in [-0.39, 0.29) is 24.0 Å². The summed E-state index contributed by atoms with van der Waals surface area (Å²) < 4.78 is 0. The number of aliphatic carboxylic acids is 1. The van der Waals surface area contributed by atoms with Crippen molar-refractivity contribution in [2.24, 2.45) is 0 Å². The van der Waals surface area contributed by atoms with Gasteiger partial charge in [-0.3, -0.25) is 9.59 Å². The van der Waals surface area contributed by atoms with Gasteiger partial charge in [-0.1, -0.05) is 43.1 Å². The lowest BCUT2D eigenvalue weighted by molar-refractivity contribution is -0.135. The van der Waals surface area contributed by atoms with Gasteiger partial charge >= 0.3 is 5.97 Å². The smallest absolute Gasteiger partial charge is 0.339 e. The highest BCUT2D eigenvalue weighted by atomic mass is 16.4. The molecule has 0 aliphatic heterocycles. The Morgan fingerprint density at radius 2 is 1.63 bits per heavy atom. The average molecular weight is 374 g/mol. The number of ketones is 2. The number of carbonyl (C=O) groups excluding carboxylic acids is 2. The van der Waals surface area contributed by atoms with Crippen LogP contribution in [0.1, 0.15) is 72.6 Å². The van der Waals surface area contributed by atoms with Gasteiger partial charge in [-0.05, 0) is 52.9 Å². The molecule has 0 saturated heterocycles. The molecule has 0 spiro atoms. The molecule has 0 atom stereocenters. The second-order valence-electron chi connectivity index (χ2n) is 7.18. The molecule has 27 heavy (non-hydrogen) atoms. The Balaban J connectivity index is 3.11. The topological polar surface area (TPSA) is 91.7 Å². The third-order valence-corrected chi connectivity index (χ3v) is 4.57.